The predicted octanol–water partition coefficient (Wildman–Crippen LogP) is 0.838. The number of amides is 2. The van der Waals surface area contributed by atoms with Gasteiger partial charge in [-0.1, -0.05) is 48.5 Å². The van der Waals surface area contributed by atoms with Gasteiger partial charge in [-0.2, -0.15) is 0 Å². The normalized spacial score (nSPS) is 14.1. The molecule has 0 heterocycles. The van der Waals surface area contributed by atoms with Crippen LogP contribution in [0, 0.1) is 0 Å². The van der Waals surface area contributed by atoms with Crippen LogP contribution in [0.5, 0.6) is 0 Å². The summed E-state index contributed by atoms with van der Waals surface area (Å²) in [6.45, 7) is -0.899. The molecule has 0 aliphatic heterocycles. The Kier molecular flexibility index (Phi) is 7.22. The summed E-state index contributed by atoms with van der Waals surface area (Å²) in [7, 11) is 0. The first kappa shape index (κ1) is 22.3. The van der Waals surface area contributed by atoms with Gasteiger partial charge in [0.05, 0.1) is 19.1 Å². The highest BCUT2D eigenvalue weighted by Gasteiger charge is 2.29. The molecule has 0 fully saturated rings. The number of hydrogen-bond donors (Lipinski definition) is 5. The molecule has 31 heavy (non-hydrogen) atoms. The molecule has 2 aromatic carbocycles. The van der Waals surface area contributed by atoms with Crippen molar-refractivity contribution >= 4 is 18.0 Å². The van der Waals surface area contributed by atoms with Crippen molar-refractivity contribution in [3.8, 4) is 11.1 Å². The number of carbonyl (C=O) groups is 3. The minimum absolute atomic E-state index is 0.0970. The first-order valence-corrected chi connectivity index (χ1v) is 9.80. The van der Waals surface area contributed by atoms with Crippen LogP contribution in [0.2, 0.25) is 0 Å². The fraction of sp³-hybridized carbons (Fsp3) is 0.318. The molecule has 0 bridgehead atoms. The molecular formula is C22H24N2O7. The van der Waals surface area contributed by atoms with Gasteiger partial charge in [-0.15, -0.1) is 0 Å². The summed E-state index contributed by atoms with van der Waals surface area (Å²) < 4.78 is 5.34. The highest BCUT2D eigenvalue weighted by atomic mass is 16.5. The number of benzene rings is 2. The maximum absolute atomic E-state index is 12.1. The molecule has 9 heteroatoms. The fourth-order valence-corrected chi connectivity index (χ4v) is 3.58. The summed E-state index contributed by atoms with van der Waals surface area (Å²) in [5.41, 5.74) is 4.36. The molecule has 2 aromatic rings. The number of aliphatic carboxylic acids is 1. The molecular weight excluding hydrogens is 404 g/mol. The molecule has 1 aliphatic rings. The number of rotatable bonds is 9. The Morgan fingerprint density at radius 1 is 1.00 bits per heavy atom. The van der Waals surface area contributed by atoms with E-state index in [1.165, 1.54) is 0 Å². The van der Waals surface area contributed by atoms with Crippen molar-refractivity contribution in [2.24, 2.45) is 0 Å². The van der Waals surface area contributed by atoms with Crippen molar-refractivity contribution in [3.63, 3.8) is 0 Å². The molecule has 2 atom stereocenters. The highest BCUT2D eigenvalue weighted by molar-refractivity contribution is 5.84. The third-order valence-corrected chi connectivity index (χ3v) is 5.06. The average Bonchev–Trinajstić information content (AvgIpc) is 3.08. The SMILES string of the molecule is O=C(CC(O)CNC(=O)OCC1c2ccccc2-c2ccccc21)NC(CO)C(=O)O. The predicted molar refractivity (Wildman–Crippen MR) is 110 cm³/mol. The van der Waals surface area contributed by atoms with E-state index in [9.17, 15) is 19.5 Å². The molecule has 0 saturated carbocycles. The fourth-order valence-electron chi connectivity index (χ4n) is 3.58. The van der Waals surface area contributed by atoms with Gasteiger partial charge in [-0.25, -0.2) is 9.59 Å². The summed E-state index contributed by atoms with van der Waals surface area (Å²) >= 11 is 0. The molecule has 0 spiro atoms. The Hall–Kier alpha value is -3.43. The number of nitrogens with one attached hydrogen (secondary N) is 2. The molecule has 2 unspecified atom stereocenters. The van der Waals surface area contributed by atoms with Crippen molar-refractivity contribution < 1.29 is 34.4 Å². The standard InChI is InChI=1S/C22H24N2O7/c25-11-19(21(28)29)24-20(27)9-13(26)10-23-22(30)31-12-18-16-7-3-1-5-14(16)15-6-2-4-8-17(15)18/h1-8,13,18-19,25-26H,9-12H2,(H,23,30)(H,24,27)(H,28,29). The Morgan fingerprint density at radius 2 is 1.58 bits per heavy atom. The Bertz CT molecular complexity index is 917. The molecule has 2 amide bonds. The van der Waals surface area contributed by atoms with Crippen molar-refractivity contribution in [2.45, 2.75) is 24.5 Å². The molecule has 164 valence electrons. The molecule has 0 aromatic heterocycles. The van der Waals surface area contributed by atoms with Crippen LogP contribution in [-0.4, -0.2) is 65.2 Å². The van der Waals surface area contributed by atoms with Crippen LogP contribution in [0.25, 0.3) is 11.1 Å². The molecule has 1 aliphatic carbocycles. The lowest BCUT2D eigenvalue weighted by molar-refractivity contribution is -0.143. The van der Waals surface area contributed by atoms with Crippen molar-refractivity contribution in [3.05, 3.63) is 59.7 Å². The molecule has 0 radical (unpaired) electrons. The van der Waals surface area contributed by atoms with E-state index in [-0.39, 0.29) is 19.1 Å². The van der Waals surface area contributed by atoms with Crippen LogP contribution in [0.4, 0.5) is 4.79 Å². The topological polar surface area (TPSA) is 145 Å². The van der Waals surface area contributed by atoms with Crippen molar-refractivity contribution in [1.29, 1.82) is 0 Å². The second-order valence-corrected chi connectivity index (χ2v) is 7.21. The monoisotopic (exact) mass is 428 g/mol. The smallest absolute Gasteiger partial charge is 0.407 e. The van der Waals surface area contributed by atoms with E-state index in [1.54, 1.807) is 0 Å². The van der Waals surface area contributed by atoms with E-state index in [1.807, 2.05) is 48.5 Å². The highest BCUT2D eigenvalue weighted by Crippen LogP contribution is 2.44. The van der Waals surface area contributed by atoms with E-state index in [4.69, 9.17) is 14.9 Å². The van der Waals surface area contributed by atoms with Crippen LogP contribution in [0.3, 0.4) is 0 Å². The quantitative estimate of drug-likeness (QED) is 0.398. The maximum atomic E-state index is 12.1. The van der Waals surface area contributed by atoms with Gasteiger partial charge in [0.2, 0.25) is 5.91 Å². The number of aliphatic hydroxyl groups is 2. The van der Waals surface area contributed by atoms with E-state index in [2.05, 4.69) is 10.6 Å². The first-order valence-electron chi connectivity index (χ1n) is 9.80. The van der Waals surface area contributed by atoms with Gasteiger partial charge in [0, 0.05) is 12.5 Å². The van der Waals surface area contributed by atoms with Crippen LogP contribution in [0.15, 0.2) is 48.5 Å². The van der Waals surface area contributed by atoms with Gasteiger partial charge < -0.3 is 30.7 Å². The summed E-state index contributed by atoms with van der Waals surface area (Å²) in [4.78, 5) is 34.6. The number of hydrogen-bond acceptors (Lipinski definition) is 6. The lowest BCUT2D eigenvalue weighted by Crippen LogP contribution is -2.45. The summed E-state index contributed by atoms with van der Waals surface area (Å²) in [6.07, 6.45) is -2.42. The number of fused-ring (bicyclic) bond motifs is 3. The minimum atomic E-state index is -1.45. The zero-order valence-electron chi connectivity index (χ0n) is 16.7. The van der Waals surface area contributed by atoms with E-state index < -0.39 is 43.1 Å². The zero-order chi connectivity index (χ0) is 22.4. The first-order chi connectivity index (χ1) is 14.9. The van der Waals surface area contributed by atoms with Gasteiger partial charge in [0.25, 0.3) is 0 Å². The Labute approximate surface area is 178 Å². The minimum Gasteiger partial charge on any atom is -0.480 e. The lowest BCUT2D eigenvalue weighted by Gasteiger charge is -2.16. The molecule has 5 N–H and O–H groups in total. The third-order valence-electron chi connectivity index (χ3n) is 5.06. The van der Waals surface area contributed by atoms with Gasteiger partial charge in [-0.3, -0.25) is 4.79 Å². The largest absolute Gasteiger partial charge is 0.480 e. The Morgan fingerprint density at radius 3 is 2.13 bits per heavy atom. The Balaban J connectivity index is 1.48. The van der Waals surface area contributed by atoms with Crippen LogP contribution < -0.4 is 10.6 Å². The summed E-state index contributed by atoms with van der Waals surface area (Å²) in [6, 6.07) is 14.4. The van der Waals surface area contributed by atoms with Gasteiger partial charge in [0.15, 0.2) is 0 Å². The summed E-state index contributed by atoms with van der Waals surface area (Å²) in [5, 5.41) is 32.0. The number of aliphatic hydroxyl groups excluding tert-OH is 2. The second kappa shape index (κ2) is 10.1. The number of carbonyl (C=O) groups excluding carboxylic acids is 2. The van der Waals surface area contributed by atoms with E-state index in [0.717, 1.165) is 22.3 Å². The number of alkyl carbamates (subject to hydrolysis) is 1. The summed E-state index contributed by atoms with van der Waals surface area (Å²) in [5.74, 6) is -2.24. The maximum Gasteiger partial charge on any atom is 0.407 e. The molecule has 0 saturated heterocycles. The third kappa shape index (κ3) is 5.39. The number of carboxylic acids is 1. The second-order valence-electron chi connectivity index (χ2n) is 7.21. The lowest BCUT2D eigenvalue weighted by atomic mass is 9.98. The van der Waals surface area contributed by atoms with E-state index >= 15 is 0 Å². The van der Waals surface area contributed by atoms with Crippen LogP contribution in [0.1, 0.15) is 23.5 Å². The van der Waals surface area contributed by atoms with Gasteiger partial charge in [0.1, 0.15) is 12.6 Å². The van der Waals surface area contributed by atoms with Crippen molar-refractivity contribution in [1.82, 2.24) is 10.6 Å². The zero-order valence-corrected chi connectivity index (χ0v) is 16.7. The van der Waals surface area contributed by atoms with Crippen LogP contribution in [-0.2, 0) is 14.3 Å². The average molecular weight is 428 g/mol. The van der Waals surface area contributed by atoms with Gasteiger partial charge >= 0.3 is 12.1 Å². The number of ether oxygens (including phenoxy) is 1. The molecule has 9 nitrogen and oxygen atoms in total. The van der Waals surface area contributed by atoms with Crippen molar-refractivity contribution in [2.75, 3.05) is 19.8 Å². The van der Waals surface area contributed by atoms with Gasteiger partial charge in [-0.05, 0) is 22.3 Å². The molecule has 3 rings (SSSR count). The van der Waals surface area contributed by atoms with Crippen LogP contribution >= 0.6 is 0 Å². The number of carboxylic acid groups (broad SMARTS) is 1. The van der Waals surface area contributed by atoms with E-state index in [0.29, 0.717) is 0 Å².